The van der Waals surface area contributed by atoms with Crippen molar-refractivity contribution >= 4 is 22.8 Å². The van der Waals surface area contributed by atoms with Crippen LogP contribution in [0.5, 0.6) is 0 Å². The van der Waals surface area contributed by atoms with Crippen LogP contribution in [0.25, 0.3) is 11.0 Å². The highest BCUT2D eigenvalue weighted by Crippen LogP contribution is 2.26. The van der Waals surface area contributed by atoms with E-state index in [1.165, 1.54) is 0 Å². The summed E-state index contributed by atoms with van der Waals surface area (Å²) in [5.74, 6) is -0.497. The summed E-state index contributed by atoms with van der Waals surface area (Å²) in [6, 6.07) is 18.2. The van der Waals surface area contributed by atoms with Gasteiger partial charge in [-0.05, 0) is 51.0 Å². The van der Waals surface area contributed by atoms with E-state index in [4.69, 9.17) is 0 Å². The van der Waals surface area contributed by atoms with Crippen molar-refractivity contribution < 1.29 is 9.59 Å². The highest BCUT2D eigenvalue weighted by molar-refractivity contribution is 5.89. The van der Waals surface area contributed by atoms with E-state index >= 15 is 0 Å². The number of aromatic nitrogens is 4. The second kappa shape index (κ2) is 10.7. The van der Waals surface area contributed by atoms with Crippen molar-refractivity contribution in [2.45, 2.75) is 58.8 Å². The van der Waals surface area contributed by atoms with E-state index in [2.05, 4.69) is 20.6 Å². The minimum atomic E-state index is -0.867. The van der Waals surface area contributed by atoms with E-state index < -0.39 is 11.6 Å². The molecule has 2 heterocycles. The number of amides is 2. The number of para-hydroxylation sites is 1. The van der Waals surface area contributed by atoms with Crippen molar-refractivity contribution in [2.24, 2.45) is 0 Å². The Labute approximate surface area is 211 Å². The van der Waals surface area contributed by atoms with Crippen molar-refractivity contribution in [2.75, 3.05) is 0 Å². The lowest BCUT2D eigenvalue weighted by Crippen LogP contribution is -2.50. The normalized spacial score (nSPS) is 12.3. The third-order valence-electron chi connectivity index (χ3n) is 6.40. The highest BCUT2D eigenvalue weighted by atomic mass is 16.2. The Kier molecular flexibility index (Phi) is 7.43. The largest absolute Gasteiger partial charge is 0.349 e. The molecule has 4 rings (SSSR count). The highest BCUT2D eigenvalue weighted by Gasteiger charge is 2.34. The molecule has 0 aliphatic carbocycles. The molecular formula is C28H32N6O2. The number of fused-ring (bicyclic) bond motifs is 1. The van der Waals surface area contributed by atoms with E-state index in [0.29, 0.717) is 11.1 Å². The van der Waals surface area contributed by atoms with E-state index in [0.717, 1.165) is 23.1 Å². The number of rotatable bonds is 9. The number of carbonyl (C=O) groups is 2. The standard InChI is InChI=1S/C28H32N6O2/c1-5-28(3,4)30-27(36)26(22-9-8-16-29-17-22)33(18-21-14-12-20(2)13-15-21)25(35)19-34-24-11-7-6-10-23(24)31-32-34/h6-17,26H,5,18-19H2,1-4H3,(H,30,36)/t26-/m0/s1. The summed E-state index contributed by atoms with van der Waals surface area (Å²) in [4.78, 5) is 33.5. The van der Waals surface area contributed by atoms with Crippen molar-refractivity contribution in [1.29, 1.82) is 0 Å². The maximum Gasteiger partial charge on any atom is 0.247 e. The molecule has 0 aliphatic rings. The zero-order valence-electron chi connectivity index (χ0n) is 21.2. The summed E-state index contributed by atoms with van der Waals surface area (Å²) < 4.78 is 1.58. The molecule has 1 atom stereocenters. The van der Waals surface area contributed by atoms with Gasteiger partial charge in [0.05, 0.1) is 5.52 Å². The number of pyridine rings is 1. The van der Waals surface area contributed by atoms with E-state index in [-0.39, 0.29) is 24.9 Å². The van der Waals surface area contributed by atoms with Crippen LogP contribution in [0.2, 0.25) is 0 Å². The molecule has 1 N–H and O–H groups in total. The van der Waals surface area contributed by atoms with Crippen LogP contribution in [0.3, 0.4) is 0 Å². The Balaban J connectivity index is 1.74. The van der Waals surface area contributed by atoms with Crippen molar-refractivity contribution in [3.8, 4) is 0 Å². The summed E-state index contributed by atoms with van der Waals surface area (Å²) in [6.45, 7) is 8.18. The fraction of sp³-hybridized carbons (Fsp3) is 0.321. The van der Waals surface area contributed by atoms with Gasteiger partial charge in [-0.3, -0.25) is 14.6 Å². The molecule has 8 nitrogen and oxygen atoms in total. The first-order valence-corrected chi connectivity index (χ1v) is 12.1. The molecule has 2 aromatic heterocycles. The first-order chi connectivity index (χ1) is 17.3. The molecule has 0 fully saturated rings. The summed E-state index contributed by atoms with van der Waals surface area (Å²) in [5, 5.41) is 11.5. The Bertz CT molecular complexity index is 1330. The summed E-state index contributed by atoms with van der Waals surface area (Å²) >= 11 is 0. The van der Waals surface area contributed by atoms with E-state index in [1.54, 1.807) is 28.0 Å². The molecule has 2 amide bonds. The van der Waals surface area contributed by atoms with Crippen LogP contribution in [0, 0.1) is 6.92 Å². The smallest absolute Gasteiger partial charge is 0.247 e. The zero-order chi connectivity index (χ0) is 25.7. The maximum atomic E-state index is 13.9. The van der Waals surface area contributed by atoms with Gasteiger partial charge in [0.1, 0.15) is 18.1 Å². The Morgan fingerprint density at radius 3 is 2.50 bits per heavy atom. The second-order valence-corrected chi connectivity index (χ2v) is 9.66. The van der Waals surface area contributed by atoms with Gasteiger partial charge in [0.15, 0.2) is 0 Å². The lowest BCUT2D eigenvalue weighted by atomic mass is 9.99. The van der Waals surface area contributed by atoms with Gasteiger partial charge in [0, 0.05) is 30.0 Å². The predicted molar refractivity (Wildman–Crippen MR) is 139 cm³/mol. The molecule has 0 aliphatic heterocycles. The van der Waals surface area contributed by atoms with E-state index in [1.807, 2.05) is 82.3 Å². The average Bonchev–Trinajstić information content (AvgIpc) is 3.28. The summed E-state index contributed by atoms with van der Waals surface area (Å²) in [6.07, 6.45) is 4.04. The minimum Gasteiger partial charge on any atom is -0.349 e. The number of aryl methyl sites for hydroxylation is 1. The van der Waals surface area contributed by atoms with Gasteiger partial charge in [-0.2, -0.15) is 0 Å². The van der Waals surface area contributed by atoms with Crippen molar-refractivity contribution in [3.05, 3.63) is 89.7 Å². The fourth-order valence-corrected chi connectivity index (χ4v) is 3.97. The van der Waals surface area contributed by atoms with Crippen molar-refractivity contribution in [1.82, 2.24) is 30.2 Å². The zero-order valence-corrected chi connectivity index (χ0v) is 21.2. The van der Waals surface area contributed by atoms with Crippen LogP contribution in [-0.4, -0.2) is 42.2 Å². The van der Waals surface area contributed by atoms with Gasteiger partial charge in [0.2, 0.25) is 11.8 Å². The minimum absolute atomic E-state index is 0.0480. The molecule has 36 heavy (non-hydrogen) atoms. The number of hydrogen-bond acceptors (Lipinski definition) is 5. The Morgan fingerprint density at radius 1 is 1.06 bits per heavy atom. The first kappa shape index (κ1) is 25.0. The van der Waals surface area contributed by atoms with Gasteiger partial charge in [-0.25, -0.2) is 4.68 Å². The molecule has 2 aromatic carbocycles. The van der Waals surface area contributed by atoms with Crippen molar-refractivity contribution in [3.63, 3.8) is 0 Å². The molecule has 8 heteroatoms. The Hall–Kier alpha value is -4.07. The van der Waals surface area contributed by atoms with Crippen LogP contribution in [0.15, 0.2) is 73.1 Å². The third-order valence-corrected chi connectivity index (χ3v) is 6.40. The molecule has 0 spiro atoms. The molecule has 0 unspecified atom stereocenters. The number of hydrogen-bond donors (Lipinski definition) is 1. The van der Waals surface area contributed by atoms with Gasteiger partial charge in [-0.15, -0.1) is 5.10 Å². The predicted octanol–water partition coefficient (Wildman–Crippen LogP) is 4.21. The molecular weight excluding hydrogens is 452 g/mol. The topological polar surface area (TPSA) is 93.0 Å². The number of carbonyl (C=O) groups excluding carboxylic acids is 2. The molecule has 0 saturated carbocycles. The first-order valence-electron chi connectivity index (χ1n) is 12.1. The number of nitrogens with one attached hydrogen (secondary N) is 1. The maximum absolute atomic E-state index is 13.9. The third kappa shape index (κ3) is 5.76. The lowest BCUT2D eigenvalue weighted by molar-refractivity contribution is -0.143. The quantitative estimate of drug-likeness (QED) is 0.384. The molecule has 0 saturated heterocycles. The van der Waals surface area contributed by atoms with Gasteiger partial charge in [-0.1, -0.05) is 60.2 Å². The average molecular weight is 485 g/mol. The van der Waals surface area contributed by atoms with Crippen LogP contribution in [-0.2, 0) is 22.7 Å². The monoisotopic (exact) mass is 484 g/mol. The van der Waals surface area contributed by atoms with Crippen LogP contribution in [0.1, 0.15) is 49.9 Å². The fourth-order valence-electron chi connectivity index (χ4n) is 3.97. The van der Waals surface area contributed by atoms with Crippen LogP contribution < -0.4 is 5.32 Å². The van der Waals surface area contributed by atoms with Crippen LogP contribution in [0.4, 0.5) is 0 Å². The molecule has 186 valence electrons. The second-order valence-electron chi connectivity index (χ2n) is 9.66. The Morgan fingerprint density at radius 2 is 1.81 bits per heavy atom. The number of nitrogens with zero attached hydrogens (tertiary/aromatic N) is 5. The van der Waals surface area contributed by atoms with Gasteiger partial charge in [0.25, 0.3) is 0 Å². The molecule has 0 bridgehead atoms. The number of benzene rings is 2. The SMILES string of the molecule is CCC(C)(C)NC(=O)[C@H](c1cccnc1)N(Cc1ccc(C)cc1)C(=O)Cn1nnc2ccccc21. The van der Waals surface area contributed by atoms with Gasteiger partial charge >= 0.3 is 0 Å². The molecule has 4 aromatic rings. The lowest BCUT2D eigenvalue weighted by Gasteiger charge is -2.34. The summed E-state index contributed by atoms with van der Waals surface area (Å²) in [7, 11) is 0. The van der Waals surface area contributed by atoms with Gasteiger partial charge < -0.3 is 10.2 Å². The van der Waals surface area contributed by atoms with E-state index in [9.17, 15) is 9.59 Å². The molecule has 0 radical (unpaired) electrons. The van der Waals surface area contributed by atoms with Crippen LogP contribution >= 0.6 is 0 Å². The summed E-state index contributed by atoms with van der Waals surface area (Å²) in [5.41, 5.74) is 3.73.